The van der Waals surface area contributed by atoms with Crippen LogP contribution in [0.2, 0.25) is 0 Å². The van der Waals surface area contributed by atoms with Crippen molar-refractivity contribution < 1.29 is 15.0 Å². The van der Waals surface area contributed by atoms with Crippen molar-refractivity contribution in [3.05, 3.63) is 96.1 Å². The van der Waals surface area contributed by atoms with E-state index in [0.717, 1.165) is 15.8 Å². The number of carbonyl (C=O) groups is 1. The summed E-state index contributed by atoms with van der Waals surface area (Å²) in [4.78, 5) is 19.5. The highest BCUT2D eigenvalue weighted by molar-refractivity contribution is 8.01. The van der Waals surface area contributed by atoms with Crippen LogP contribution in [-0.4, -0.2) is 26.4 Å². The van der Waals surface area contributed by atoms with Crippen molar-refractivity contribution in [3.63, 3.8) is 0 Å². The number of thiazole rings is 1. The summed E-state index contributed by atoms with van der Waals surface area (Å²) in [5.74, 6) is -0.192. The first-order valence-corrected chi connectivity index (χ1v) is 14.5. The van der Waals surface area contributed by atoms with Crippen LogP contribution in [0.1, 0.15) is 23.4 Å². The van der Waals surface area contributed by atoms with E-state index in [9.17, 15) is 15.0 Å². The van der Waals surface area contributed by atoms with Crippen molar-refractivity contribution in [2.24, 2.45) is 20.5 Å². The van der Waals surface area contributed by atoms with E-state index in [2.05, 4.69) is 25.4 Å². The van der Waals surface area contributed by atoms with Crippen LogP contribution < -0.4 is 4.90 Å². The highest BCUT2D eigenvalue weighted by atomic mass is 32.2. The van der Waals surface area contributed by atoms with E-state index in [4.69, 9.17) is 0 Å². The lowest BCUT2D eigenvalue weighted by Crippen LogP contribution is -2.30. The molecule has 1 saturated heterocycles. The number of aryl methyl sites for hydroxylation is 1. The number of hydrogen-bond donors (Lipinski definition) is 2. The first kappa shape index (κ1) is 26.6. The fourth-order valence-corrected chi connectivity index (χ4v) is 6.56. The van der Waals surface area contributed by atoms with E-state index in [1.165, 1.54) is 41.3 Å². The summed E-state index contributed by atoms with van der Waals surface area (Å²) in [5, 5.41) is 38.2. The van der Waals surface area contributed by atoms with Gasteiger partial charge in [0.15, 0.2) is 0 Å². The second-order valence-corrected chi connectivity index (χ2v) is 11.9. The molecule has 0 aliphatic carbocycles. The third-order valence-electron chi connectivity index (χ3n) is 6.46. The molecule has 6 rings (SSSR count). The number of phenolic OH excluding ortho intramolecular Hbond substituents is 2. The molecule has 1 aromatic heterocycles. The maximum atomic E-state index is 13.5. The lowest BCUT2D eigenvalue weighted by Gasteiger charge is -2.26. The number of rotatable bonds is 6. The highest BCUT2D eigenvalue weighted by Crippen LogP contribution is 2.51. The summed E-state index contributed by atoms with van der Waals surface area (Å²) in [6.45, 7) is 3.78. The fourth-order valence-electron chi connectivity index (χ4n) is 4.48. The molecule has 2 N–H and O–H groups in total. The molecule has 1 aliphatic rings. The third kappa shape index (κ3) is 5.54. The molecule has 1 amide bonds. The van der Waals surface area contributed by atoms with E-state index in [-0.39, 0.29) is 17.4 Å². The molecule has 204 valence electrons. The van der Waals surface area contributed by atoms with Crippen LogP contribution in [0.15, 0.2) is 105 Å². The molecule has 0 spiro atoms. The molecule has 1 aliphatic heterocycles. The zero-order valence-corrected chi connectivity index (χ0v) is 23.7. The average molecular weight is 581 g/mol. The second kappa shape index (κ2) is 11.1. The summed E-state index contributed by atoms with van der Waals surface area (Å²) in [6.07, 6.45) is 0. The molecule has 4 aromatic carbocycles. The molecule has 2 unspecified atom stereocenters. The van der Waals surface area contributed by atoms with Crippen molar-refractivity contribution in [2.45, 2.75) is 24.5 Å². The molecule has 2 heterocycles. The minimum atomic E-state index is -0.607. The minimum absolute atomic E-state index is 0.0106. The summed E-state index contributed by atoms with van der Waals surface area (Å²) in [5.41, 5.74) is 4.34. The topological polar surface area (TPSA) is 123 Å². The third-order valence-corrected chi connectivity index (χ3v) is 8.71. The van der Waals surface area contributed by atoms with Crippen molar-refractivity contribution >= 4 is 67.1 Å². The maximum absolute atomic E-state index is 13.5. The Hall–Kier alpha value is -4.61. The van der Waals surface area contributed by atoms with Crippen molar-refractivity contribution in [1.82, 2.24) is 4.98 Å². The smallest absolute Gasteiger partial charge is 0.241 e. The number of thioether (sulfide) groups is 1. The molecule has 5 aromatic rings. The van der Waals surface area contributed by atoms with Crippen LogP contribution in [0.5, 0.6) is 11.5 Å². The summed E-state index contributed by atoms with van der Waals surface area (Å²) in [6, 6.07) is 24.9. The lowest BCUT2D eigenvalue weighted by molar-refractivity contribution is -0.117. The number of anilines is 1. The number of amides is 1. The first-order chi connectivity index (χ1) is 19.9. The molecule has 0 bridgehead atoms. The van der Waals surface area contributed by atoms with Gasteiger partial charge in [0.25, 0.3) is 0 Å². The van der Waals surface area contributed by atoms with Gasteiger partial charge in [0, 0.05) is 11.6 Å². The number of benzene rings is 4. The molecule has 41 heavy (non-hydrogen) atoms. The van der Waals surface area contributed by atoms with Gasteiger partial charge in [-0.05, 0) is 74.0 Å². The number of fused-ring (bicyclic) bond motifs is 1. The van der Waals surface area contributed by atoms with Crippen LogP contribution in [0.3, 0.4) is 0 Å². The van der Waals surface area contributed by atoms with Gasteiger partial charge in [-0.3, -0.25) is 9.69 Å². The maximum Gasteiger partial charge on any atom is 0.241 e. The lowest BCUT2D eigenvalue weighted by atomic mass is 10.1. The SMILES string of the molecule is Cc1cccc(N=Nc2ccc(O)cc2N2C(=O)C(C)SC2c2cc(N=Nc3nc4ccccc4s3)ccc2O)c1. The van der Waals surface area contributed by atoms with Crippen molar-refractivity contribution in [1.29, 1.82) is 0 Å². The van der Waals surface area contributed by atoms with E-state index in [1.807, 2.05) is 62.4 Å². The number of hydrogen-bond acceptors (Lipinski definition) is 10. The number of aromatic nitrogens is 1. The number of aromatic hydroxyl groups is 2. The Kier molecular flexibility index (Phi) is 7.21. The number of phenols is 2. The largest absolute Gasteiger partial charge is 0.508 e. The van der Waals surface area contributed by atoms with E-state index >= 15 is 0 Å². The quantitative estimate of drug-likeness (QED) is 0.194. The molecule has 0 saturated carbocycles. The number of azo groups is 2. The van der Waals surface area contributed by atoms with Gasteiger partial charge in [-0.1, -0.05) is 35.6 Å². The van der Waals surface area contributed by atoms with Crippen LogP contribution in [0, 0.1) is 6.92 Å². The van der Waals surface area contributed by atoms with Gasteiger partial charge in [0.1, 0.15) is 22.6 Å². The van der Waals surface area contributed by atoms with Crippen molar-refractivity contribution in [3.8, 4) is 11.5 Å². The van der Waals surface area contributed by atoms with E-state index in [1.54, 1.807) is 23.1 Å². The Morgan fingerprint density at radius 2 is 1.66 bits per heavy atom. The number of nitrogens with zero attached hydrogens (tertiary/aromatic N) is 6. The van der Waals surface area contributed by atoms with Gasteiger partial charge < -0.3 is 10.2 Å². The Morgan fingerprint density at radius 3 is 2.49 bits per heavy atom. The predicted octanol–water partition coefficient (Wildman–Crippen LogP) is 9.01. The standard InChI is InChI=1S/C30H24N6O3S2/c1-17-6-5-7-19(14-17)32-34-23-12-11-21(37)16-25(23)36-28(39)18(2)40-29(36)22-15-20(10-13-26(22)38)33-35-30-31-24-8-3-4-9-27(24)41-30/h3-16,18,29,37-38H,1-2H3. The summed E-state index contributed by atoms with van der Waals surface area (Å²) in [7, 11) is 0. The molecule has 1 fully saturated rings. The van der Waals surface area contributed by atoms with Gasteiger partial charge in [0.2, 0.25) is 11.0 Å². The summed E-state index contributed by atoms with van der Waals surface area (Å²) >= 11 is 2.81. The molecule has 11 heteroatoms. The molecule has 0 radical (unpaired) electrons. The Bertz CT molecular complexity index is 1800. The van der Waals surface area contributed by atoms with Crippen LogP contribution >= 0.6 is 23.1 Å². The van der Waals surface area contributed by atoms with E-state index < -0.39 is 10.6 Å². The van der Waals surface area contributed by atoms with Crippen LogP contribution in [0.4, 0.5) is 27.9 Å². The van der Waals surface area contributed by atoms with Crippen LogP contribution in [0.25, 0.3) is 10.2 Å². The Balaban J connectivity index is 1.36. The zero-order valence-electron chi connectivity index (χ0n) is 22.0. The van der Waals surface area contributed by atoms with Crippen LogP contribution in [-0.2, 0) is 4.79 Å². The monoisotopic (exact) mass is 580 g/mol. The molecular formula is C30H24N6O3S2. The second-order valence-electron chi connectivity index (χ2n) is 9.46. The number of carbonyl (C=O) groups excluding carboxylic acids is 1. The highest BCUT2D eigenvalue weighted by Gasteiger charge is 2.42. The molecule has 9 nitrogen and oxygen atoms in total. The molecule has 2 atom stereocenters. The normalized spacial score (nSPS) is 17.4. The average Bonchev–Trinajstić information content (AvgIpc) is 3.51. The fraction of sp³-hybridized carbons (Fsp3) is 0.133. The predicted molar refractivity (Wildman–Crippen MR) is 163 cm³/mol. The van der Waals surface area contributed by atoms with Gasteiger partial charge in [0.05, 0.1) is 32.5 Å². The van der Waals surface area contributed by atoms with Gasteiger partial charge in [-0.2, -0.15) is 5.11 Å². The van der Waals surface area contributed by atoms with E-state index in [0.29, 0.717) is 33.4 Å². The number of para-hydroxylation sites is 1. The first-order valence-electron chi connectivity index (χ1n) is 12.8. The summed E-state index contributed by atoms with van der Waals surface area (Å²) < 4.78 is 1.01. The molecular weight excluding hydrogens is 557 g/mol. The zero-order chi connectivity index (χ0) is 28.5. The Morgan fingerprint density at radius 1 is 0.854 bits per heavy atom. The van der Waals surface area contributed by atoms with Crippen molar-refractivity contribution in [2.75, 3.05) is 4.90 Å². The van der Waals surface area contributed by atoms with Gasteiger partial charge in [-0.25, -0.2) is 4.98 Å². The van der Waals surface area contributed by atoms with Gasteiger partial charge >= 0.3 is 0 Å². The minimum Gasteiger partial charge on any atom is -0.508 e. The Labute approximate surface area is 243 Å². The van der Waals surface area contributed by atoms with Gasteiger partial charge in [-0.15, -0.1) is 27.1 Å².